The van der Waals surface area contributed by atoms with E-state index in [9.17, 15) is 26.4 Å². The van der Waals surface area contributed by atoms with E-state index in [1.54, 1.807) is 12.2 Å². The van der Waals surface area contributed by atoms with Crippen molar-refractivity contribution in [2.45, 2.75) is 19.1 Å². The van der Waals surface area contributed by atoms with Crippen molar-refractivity contribution in [2.24, 2.45) is 0 Å². The molecule has 0 aliphatic carbocycles. The molecule has 1 aromatic rings. The smallest absolute Gasteiger partial charge is 0.471 e. The van der Waals surface area contributed by atoms with Crippen molar-refractivity contribution in [3.05, 3.63) is 23.8 Å². The highest BCUT2D eigenvalue weighted by atomic mass is 32.2. The van der Waals surface area contributed by atoms with E-state index in [1.807, 2.05) is 0 Å². The van der Waals surface area contributed by atoms with E-state index in [2.05, 4.69) is 0 Å². The highest BCUT2D eigenvalue weighted by Gasteiger charge is 2.40. The summed E-state index contributed by atoms with van der Waals surface area (Å²) in [5, 5.41) is 1.70. The summed E-state index contributed by atoms with van der Waals surface area (Å²) in [6.07, 6.45) is -4.25. The van der Waals surface area contributed by atoms with Crippen LogP contribution in [0.1, 0.15) is 18.5 Å². The maximum absolute atomic E-state index is 12.5. The van der Waals surface area contributed by atoms with Crippen LogP contribution in [0.2, 0.25) is 0 Å². The topological polar surface area (TPSA) is 81.7 Å². The molecule has 0 bridgehead atoms. The number of nitrogens with one attached hydrogen (secondary N) is 1. The normalized spacial score (nSPS) is 13.2. The number of amides is 1. The van der Waals surface area contributed by atoms with Crippen LogP contribution in [0.15, 0.2) is 18.2 Å². The summed E-state index contributed by atoms with van der Waals surface area (Å²) in [5.41, 5.74) is 0.155. The molecule has 1 aromatic carbocycles. The minimum Gasteiger partial charge on any atom is -0.493 e. The fourth-order valence-corrected chi connectivity index (χ4v) is 2.82. The SMILES string of the molecule is CCOc1cc([C@H](CS(C)(=O)=O)NC(=O)C(F)(F)F)ccc1OC. The lowest BCUT2D eigenvalue weighted by molar-refractivity contribution is -0.174. The third-order valence-corrected chi connectivity index (χ3v) is 3.86. The number of sulfone groups is 1. The van der Waals surface area contributed by atoms with E-state index >= 15 is 0 Å². The molecule has 0 unspecified atom stereocenters. The van der Waals surface area contributed by atoms with Crippen molar-refractivity contribution in [1.29, 1.82) is 0 Å². The van der Waals surface area contributed by atoms with Gasteiger partial charge in [0.2, 0.25) is 0 Å². The summed E-state index contributed by atoms with van der Waals surface area (Å²) in [7, 11) is -2.27. The van der Waals surface area contributed by atoms with Crippen molar-refractivity contribution in [3.63, 3.8) is 0 Å². The van der Waals surface area contributed by atoms with Crippen LogP contribution in [0.25, 0.3) is 0 Å². The van der Waals surface area contributed by atoms with E-state index in [0.29, 0.717) is 5.75 Å². The number of hydrogen-bond donors (Lipinski definition) is 1. The molecule has 1 rings (SSSR count). The Morgan fingerprint density at radius 2 is 1.92 bits per heavy atom. The van der Waals surface area contributed by atoms with Gasteiger partial charge in [-0.15, -0.1) is 0 Å². The zero-order valence-electron chi connectivity index (χ0n) is 13.3. The molecule has 10 heteroatoms. The molecule has 0 radical (unpaired) electrons. The quantitative estimate of drug-likeness (QED) is 0.793. The summed E-state index contributed by atoms with van der Waals surface area (Å²) in [5.74, 6) is -2.34. The highest BCUT2D eigenvalue weighted by Crippen LogP contribution is 2.31. The van der Waals surface area contributed by atoms with Crippen LogP contribution in [0.3, 0.4) is 0 Å². The predicted molar refractivity (Wildman–Crippen MR) is 80.8 cm³/mol. The van der Waals surface area contributed by atoms with Crippen LogP contribution in [0.4, 0.5) is 13.2 Å². The van der Waals surface area contributed by atoms with E-state index in [1.165, 1.54) is 25.3 Å². The summed E-state index contributed by atoms with van der Waals surface area (Å²) in [6.45, 7) is 1.97. The third-order valence-electron chi connectivity index (χ3n) is 2.92. The molecular formula is C14H18F3NO5S. The van der Waals surface area contributed by atoms with Gasteiger partial charge >= 0.3 is 12.1 Å². The van der Waals surface area contributed by atoms with Gasteiger partial charge < -0.3 is 14.8 Å². The largest absolute Gasteiger partial charge is 0.493 e. The van der Waals surface area contributed by atoms with E-state index in [-0.39, 0.29) is 17.9 Å². The first kappa shape index (κ1) is 20.1. The maximum Gasteiger partial charge on any atom is 0.471 e. The molecule has 0 saturated heterocycles. The number of carbonyl (C=O) groups is 1. The van der Waals surface area contributed by atoms with Crippen LogP contribution in [-0.2, 0) is 14.6 Å². The molecule has 1 amide bonds. The summed E-state index contributed by atoms with van der Waals surface area (Å²) in [4.78, 5) is 11.2. The first-order chi connectivity index (χ1) is 11.0. The Morgan fingerprint density at radius 3 is 2.38 bits per heavy atom. The fraction of sp³-hybridized carbons (Fsp3) is 0.500. The van der Waals surface area contributed by atoms with Crippen molar-refractivity contribution in [2.75, 3.05) is 25.7 Å². The van der Waals surface area contributed by atoms with Gasteiger partial charge in [0.1, 0.15) is 9.84 Å². The Bertz CT molecular complexity index is 688. The van der Waals surface area contributed by atoms with Gasteiger partial charge in [-0.25, -0.2) is 8.42 Å². The number of rotatable bonds is 7. The number of benzene rings is 1. The van der Waals surface area contributed by atoms with Crippen LogP contribution < -0.4 is 14.8 Å². The molecule has 1 atom stereocenters. The van der Waals surface area contributed by atoms with Gasteiger partial charge in [0.05, 0.1) is 25.5 Å². The summed E-state index contributed by atoms with van der Waals surface area (Å²) >= 11 is 0. The zero-order valence-corrected chi connectivity index (χ0v) is 14.1. The molecule has 0 aromatic heterocycles. The molecule has 0 spiro atoms. The number of alkyl halides is 3. The number of ether oxygens (including phenoxy) is 2. The van der Waals surface area contributed by atoms with Gasteiger partial charge in [0.15, 0.2) is 11.5 Å². The van der Waals surface area contributed by atoms with Gasteiger partial charge in [-0.2, -0.15) is 13.2 Å². The van der Waals surface area contributed by atoms with Crippen molar-refractivity contribution >= 4 is 15.7 Å². The van der Waals surface area contributed by atoms with Crippen LogP contribution in [0, 0.1) is 0 Å². The average molecular weight is 369 g/mol. The van der Waals surface area contributed by atoms with Gasteiger partial charge in [-0.05, 0) is 24.6 Å². The Labute approximate surface area is 137 Å². The van der Waals surface area contributed by atoms with E-state index < -0.39 is 33.7 Å². The van der Waals surface area contributed by atoms with E-state index in [0.717, 1.165) is 6.26 Å². The maximum atomic E-state index is 12.5. The van der Waals surface area contributed by atoms with E-state index in [4.69, 9.17) is 9.47 Å². The van der Waals surface area contributed by atoms with Gasteiger partial charge in [0.25, 0.3) is 0 Å². The second-order valence-corrected chi connectivity index (χ2v) is 7.14. The summed E-state index contributed by atoms with van der Waals surface area (Å²) in [6, 6.07) is 2.76. The monoisotopic (exact) mass is 369 g/mol. The third kappa shape index (κ3) is 5.91. The summed E-state index contributed by atoms with van der Waals surface area (Å²) < 4.78 is 70.8. The average Bonchev–Trinajstić information content (AvgIpc) is 2.44. The second-order valence-electron chi connectivity index (χ2n) is 4.96. The second kappa shape index (κ2) is 7.73. The first-order valence-electron chi connectivity index (χ1n) is 6.84. The van der Waals surface area contributed by atoms with Gasteiger partial charge in [-0.3, -0.25) is 4.79 Å². The van der Waals surface area contributed by atoms with Gasteiger partial charge in [-0.1, -0.05) is 6.07 Å². The molecule has 0 saturated carbocycles. The molecule has 24 heavy (non-hydrogen) atoms. The molecule has 0 aliphatic rings. The minimum absolute atomic E-state index is 0.155. The Morgan fingerprint density at radius 1 is 1.29 bits per heavy atom. The minimum atomic E-state index is -5.12. The van der Waals surface area contributed by atoms with Crippen molar-refractivity contribution in [3.8, 4) is 11.5 Å². The molecule has 136 valence electrons. The molecule has 1 N–H and O–H groups in total. The standard InChI is InChI=1S/C14H18F3NO5S/c1-4-23-12-7-9(5-6-11(12)22-2)10(8-24(3,20)21)18-13(19)14(15,16)17/h5-7,10H,4,8H2,1-3H3,(H,18,19)/t10-/m0/s1. The molecule has 0 heterocycles. The molecule has 0 fully saturated rings. The van der Waals surface area contributed by atoms with Crippen molar-refractivity contribution < 1.29 is 35.9 Å². The van der Waals surface area contributed by atoms with Crippen LogP contribution in [0.5, 0.6) is 11.5 Å². The predicted octanol–water partition coefficient (Wildman–Crippen LogP) is 1.86. The highest BCUT2D eigenvalue weighted by molar-refractivity contribution is 7.90. The first-order valence-corrected chi connectivity index (χ1v) is 8.90. The Hall–Kier alpha value is -1.97. The molecule has 6 nitrogen and oxygen atoms in total. The number of carbonyl (C=O) groups excluding carboxylic acids is 1. The number of halogens is 3. The fourth-order valence-electron chi connectivity index (χ4n) is 1.94. The zero-order chi connectivity index (χ0) is 18.5. The van der Waals surface area contributed by atoms with Crippen molar-refractivity contribution in [1.82, 2.24) is 5.32 Å². The number of methoxy groups -OCH3 is 1. The lowest BCUT2D eigenvalue weighted by atomic mass is 10.1. The Kier molecular flexibility index (Phi) is 6.47. The Balaban J connectivity index is 3.23. The van der Waals surface area contributed by atoms with Crippen LogP contribution >= 0.6 is 0 Å². The molecule has 0 aliphatic heterocycles. The number of hydrogen-bond acceptors (Lipinski definition) is 5. The lowest BCUT2D eigenvalue weighted by Crippen LogP contribution is -2.41. The lowest BCUT2D eigenvalue weighted by Gasteiger charge is -2.20. The van der Waals surface area contributed by atoms with Crippen LogP contribution in [-0.4, -0.2) is 46.2 Å². The molecular weight excluding hydrogens is 351 g/mol. The van der Waals surface area contributed by atoms with Gasteiger partial charge in [0, 0.05) is 6.26 Å².